The lowest BCUT2D eigenvalue weighted by molar-refractivity contribution is 0.228. The highest BCUT2D eigenvalue weighted by molar-refractivity contribution is 5.57. The number of hydrogen-bond acceptors (Lipinski definition) is 4. The van der Waals surface area contributed by atoms with E-state index in [1.807, 2.05) is 62.5 Å². The first-order valence-electron chi connectivity index (χ1n) is 7.01. The van der Waals surface area contributed by atoms with Crippen LogP contribution in [0.1, 0.15) is 12.5 Å². The van der Waals surface area contributed by atoms with Gasteiger partial charge in [-0.15, -0.1) is 0 Å². The highest BCUT2D eigenvalue weighted by Gasteiger charge is 2.10. The molecule has 0 radical (unpaired) electrons. The Bertz CT molecular complexity index is 598. The van der Waals surface area contributed by atoms with Gasteiger partial charge in [0.25, 0.3) is 0 Å². The van der Waals surface area contributed by atoms with Crippen molar-refractivity contribution < 1.29 is 4.74 Å². The molecule has 1 atom stereocenters. The maximum Gasteiger partial charge on any atom is 0.119 e. The Balaban J connectivity index is 1.99. The van der Waals surface area contributed by atoms with E-state index in [1.165, 1.54) is 0 Å². The van der Waals surface area contributed by atoms with Gasteiger partial charge in [-0.1, -0.05) is 18.2 Å². The lowest BCUT2D eigenvalue weighted by atomic mass is 10.1. The molecule has 2 rings (SSSR count). The Kier molecular flexibility index (Phi) is 4.93. The molecular formula is C17H21N3O. The van der Waals surface area contributed by atoms with Crippen LogP contribution in [0, 0.1) is 12.5 Å². The molecule has 0 saturated carbocycles. The lowest BCUT2D eigenvalue weighted by Crippen LogP contribution is -2.30. The Morgan fingerprint density at radius 3 is 2.52 bits per heavy atom. The fourth-order valence-electron chi connectivity index (χ4n) is 2.26. The minimum atomic E-state index is 0.0817. The third-order valence-corrected chi connectivity index (χ3v) is 3.35. The first-order valence-corrected chi connectivity index (χ1v) is 7.01. The van der Waals surface area contributed by atoms with Gasteiger partial charge in [-0.3, -0.25) is 0 Å². The summed E-state index contributed by atoms with van der Waals surface area (Å²) < 4.78 is 5.89. The quantitative estimate of drug-likeness (QED) is 0.790. The van der Waals surface area contributed by atoms with Gasteiger partial charge in [0.2, 0.25) is 0 Å². The van der Waals surface area contributed by atoms with Crippen LogP contribution in [0.15, 0.2) is 53.6 Å². The van der Waals surface area contributed by atoms with Crippen molar-refractivity contribution in [1.82, 2.24) is 0 Å². The number of ether oxygens (including phenoxy) is 1. The van der Waals surface area contributed by atoms with E-state index in [0.29, 0.717) is 5.69 Å². The van der Waals surface area contributed by atoms with Gasteiger partial charge in [0.15, 0.2) is 0 Å². The Morgan fingerprint density at radius 2 is 1.90 bits per heavy atom. The van der Waals surface area contributed by atoms with E-state index < -0.39 is 0 Å². The van der Waals surface area contributed by atoms with Crippen LogP contribution >= 0.6 is 0 Å². The minimum absolute atomic E-state index is 0.0817. The number of benzene rings is 2. The normalized spacial score (nSPS) is 11.8. The van der Waals surface area contributed by atoms with Gasteiger partial charge in [0, 0.05) is 12.7 Å². The molecule has 0 amide bonds. The molecule has 2 aromatic carbocycles. The summed E-state index contributed by atoms with van der Waals surface area (Å²) in [4.78, 5) is 2.15. The summed E-state index contributed by atoms with van der Waals surface area (Å²) >= 11 is 0. The van der Waals surface area contributed by atoms with Crippen molar-refractivity contribution >= 4 is 11.4 Å². The van der Waals surface area contributed by atoms with E-state index in [0.717, 1.165) is 23.5 Å². The van der Waals surface area contributed by atoms with Crippen LogP contribution in [-0.2, 0) is 0 Å². The zero-order valence-corrected chi connectivity index (χ0v) is 12.7. The van der Waals surface area contributed by atoms with Gasteiger partial charge >= 0.3 is 0 Å². The van der Waals surface area contributed by atoms with E-state index in [9.17, 15) is 0 Å². The number of hydrogen-bond donors (Lipinski definition) is 1. The summed E-state index contributed by atoms with van der Waals surface area (Å²) in [5.41, 5.74) is 9.91. The number of aryl methyl sites for hydroxylation is 1. The smallest absolute Gasteiger partial charge is 0.119 e. The van der Waals surface area contributed by atoms with Crippen LogP contribution in [0.3, 0.4) is 0 Å². The van der Waals surface area contributed by atoms with Crippen molar-refractivity contribution in [2.24, 2.45) is 5.11 Å². The average Bonchev–Trinajstić information content (AvgIpc) is 2.48. The molecular weight excluding hydrogens is 262 g/mol. The molecule has 2 aromatic rings. The van der Waals surface area contributed by atoms with Crippen molar-refractivity contribution in [2.45, 2.75) is 20.0 Å². The van der Waals surface area contributed by atoms with Crippen molar-refractivity contribution in [3.63, 3.8) is 0 Å². The SMILES string of the molecule is Cc1cc(N(C)CC(C)Oc2ccccc2)ccc1N=N. The van der Waals surface area contributed by atoms with E-state index in [-0.39, 0.29) is 6.10 Å². The van der Waals surface area contributed by atoms with Gasteiger partial charge < -0.3 is 9.64 Å². The summed E-state index contributed by atoms with van der Waals surface area (Å²) in [6.45, 7) is 4.81. The van der Waals surface area contributed by atoms with Crippen molar-refractivity contribution in [2.75, 3.05) is 18.5 Å². The van der Waals surface area contributed by atoms with Gasteiger partial charge in [-0.2, -0.15) is 5.11 Å². The van der Waals surface area contributed by atoms with Gasteiger partial charge in [0.05, 0.1) is 12.2 Å². The third kappa shape index (κ3) is 4.05. The monoisotopic (exact) mass is 283 g/mol. The summed E-state index contributed by atoms with van der Waals surface area (Å²) in [5.74, 6) is 0.887. The Labute approximate surface area is 125 Å². The molecule has 4 heteroatoms. The largest absolute Gasteiger partial charge is 0.489 e. The minimum Gasteiger partial charge on any atom is -0.489 e. The lowest BCUT2D eigenvalue weighted by Gasteiger charge is -2.24. The fraction of sp³-hybridized carbons (Fsp3) is 0.294. The molecule has 110 valence electrons. The summed E-state index contributed by atoms with van der Waals surface area (Å²) in [7, 11) is 2.04. The second-order valence-electron chi connectivity index (χ2n) is 5.20. The van der Waals surface area contributed by atoms with Crippen molar-refractivity contribution in [3.8, 4) is 5.75 Å². The number of nitrogens with one attached hydrogen (secondary N) is 1. The summed E-state index contributed by atoms with van der Waals surface area (Å²) in [6.07, 6.45) is 0.0817. The topological polar surface area (TPSA) is 48.7 Å². The number of nitrogens with zero attached hydrogens (tertiary/aromatic N) is 2. The van der Waals surface area contributed by atoms with Crippen LogP contribution in [0.4, 0.5) is 11.4 Å². The van der Waals surface area contributed by atoms with Crippen LogP contribution in [0.2, 0.25) is 0 Å². The van der Waals surface area contributed by atoms with Crippen LogP contribution < -0.4 is 9.64 Å². The molecule has 0 spiro atoms. The van der Waals surface area contributed by atoms with E-state index in [1.54, 1.807) is 0 Å². The summed E-state index contributed by atoms with van der Waals surface area (Å²) in [5, 5.41) is 3.49. The molecule has 0 aliphatic rings. The average molecular weight is 283 g/mol. The van der Waals surface area contributed by atoms with E-state index >= 15 is 0 Å². The maximum atomic E-state index is 7.09. The van der Waals surface area contributed by atoms with Crippen LogP contribution in [-0.4, -0.2) is 19.7 Å². The maximum absolute atomic E-state index is 7.09. The predicted octanol–water partition coefficient (Wildman–Crippen LogP) is 4.56. The molecule has 0 bridgehead atoms. The third-order valence-electron chi connectivity index (χ3n) is 3.35. The molecule has 4 nitrogen and oxygen atoms in total. The number of likely N-dealkylation sites (N-methyl/N-ethyl adjacent to an activating group) is 1. The molecule has 0 aliphatic carbocycles. The fourth-order valence-corrected chi connectivity index (χ4v) is 2.26. The van der Waals surface area contributed by atoms with E-state index in [2.05, 4.69) is 16.9 Å². The Hall–Kier alpha value is -2.36. The van der Waals surface area contributed by atoms with Gasteiger partial charge in [-0.05, 0) is 49.7 Å². The van der Waals surface area contributed by atoms with Crippen molar-refractivity contribution in [1.29, 1.82) is 5.53 Å². The number of para-hydroxylation sites is 1. The Morgan fingerprint density at radius 1 is 1.19 bits per heavy atom. The molecule has 0 saturated heterocycles. The molecule has 0 aliphatic heterocycles. The number of anilines is 1. The zero-order valence-electron chi connectivity index (χ0n) is 12.7. The van der Waals surface area contributed by atoms with E-state index in [4.69, 9.17) is 10.3 Å². The van der Waals surface area contributed by atoms with Crippen molar-refractivity contribution in [3.05, 3.63) is 54.1 Å². The van der Waals surface area contributed by atoms with Gasteiger partial charge in [-0.25, -0.2) is 5.53 Å². The zero-order chi connectivity index (χ0) is 15.2. The van der Waals surface area contributed by atoms with Crippen LogP contribution in [0.25, 0.3) is 0 Å². The predicted molar refractivity (Wildman–Crippen MR) is 85.8 cm³/mol. The molecule has 1 N–H and O–H groups in total. The summed E-state index contributed by atoms with van der Waals surface area (Å²) in [6, 6.07) is 15.7. The molecule has 1 unspecified atom stereocenters. The molecule has 0 fully saturated rings. The first-order chi connectivity index (χ1) is 10.1. The second kappa shape index (κ2) is 6.88. The highest BCUT2D eigenvalue weighted by atomic mass is 16.5. The molecule has 21 heavy (non-hydrogen) atoms. The number of rotatable bonds is 6. The first kappa shape index (κ1) is 15.0. The molecule has 0 aromatic heterocycles. The standard InChI is InChI=1S/C17H21N3O/c1-13-11-15(9-10-17(13)19-18)20(3)12-14(2)21-16-7-5-4-6-8-16/h4-11,14,18H,12H2,1-3H3. The van der Waals surface area contributed by atoms with Crippen LogP contribution in [0.5, 0.6) is 5.75 Å². The van der Waals surface area contributed by atoms with Gasteiger partial charge in [0.1, 0.15) is 11.9 Å². The molecule has 0 heterocycles. The highest BCUT2D eigenvalue weighted by Crippen LogP contribution is 2.24. The second-order valence-corrected chi connectivity index (χ2v) is 5.20.